The van der Waals surface area contributed by atoms with Crippen LogP contribution in [0.4, 0.5) is 0 Å². The topological polar surface area (TPSA) is 47.3 Å². The summed E-state index contributed by atoms with van der Waals surface area (Å²) in [6.07, 6.45) is 4.84. The van der Waals surface area contributed by atoms with Crippen LogP contribution in [0.15, 0.2) is 24.3 Å². The summed E-state index contributed by atoms with van der Waals surface area (Å²) < 4.78 is 5.65. The van der Waals surface area contributed by atoms with Crippen molar-refractivity contribution in [1.82, 2.24) is 5.32 Å². The Morgan fingerprint density at radius 2 is 2.00 bits per heavy atom. The van der Waals surface area contributed by atoms with Crippen molar-refractivity contribution in [3.05, 3.63) is 35.4 Å². The summed E-state index contributed by atoms with van der Waals surface area (Å²) in [6.45, 7) is 2.86. The van der Waals surface area contributed by atoms with E-state index in [0.29, 0.717) is 6.04 Å². The monoisotopic (exact) mass is 260 g/mol. The van der Waals surface area contributed by atoms with E-state index < -0.39 is 0 Å². The Kier molecular flexibility index (Phi) is 4.16. The smallest absolute Gasteiger partial charge is 0.0494 e. The molecule has 19 heavy (non-hydrogen) atoms. The van der Waals surface area contributed by atoms with E-state index in [9.17, 15) is 0 Å². The molecule has 2 atom stereocenters. The van der Waals surface area contributed by atoms with Gasteiger partial charge in [0.2, 0.25) is 0 Å². The van der Waals surface area contributed by atoms with Gasteiger partial charge < -0.3 is 15.8 Å². The minimum Gasteiger partial charge on any atom is -0.381 e. The van der Waals surface area contributed by atoms with Gasteiger partial charge in [0.05, 0.1) is 0 Å². The number of nitrogens with one attached hydrogen (secondary N) is 1. The predicted molar refractivity (Wildman–Crippen MR) is 76.9 cm³/mol. The van der Waals surface area contributed by atoms with E-state index in [0.717, 1.165) is 38.5 Å². The zero-order valence-corrected chi connectivity index (χ0v) is 11.5. The van der Waals surface area contributed by atoms with E-state index in [1.807, 2.05) is 0 Å². The van der Waals surface area contributed by atoms with Crippen LogP contribution in [-0.2, 0) is 4.74 Å². The van der Waals surface area contributed by atoms with Crippen LogP contribution in [0.25, 0.3) is 0 Å². The number of hydrogen-bond donors (Lipinski definition) is 2. The lowest BCUT2D eigenvalue weighted by Gasteiger charge is -2.14. The molecule has 2 aliphatic rings. The molecule has 3 heteroatoms. The first-order valence-corrected chi connectivity index (χ1v) is 7.50. The van der Waals surface area contributed by atoms with Crippen molar-refractivity contribution in [1.29, 1.82) is 0 Å². The fraction of sp³-hybridized carbons (Fsp3) is 0.625. The van der Waals surface area contributed by atoms with E-state index in [1.165, 1.54) is 24.0 Å². The summed E-state index contributed by atoms with van der Waals surface area (Å²) in [5, 5.41) is 3.61. The average molecular weight is 260 g/mol. The third-order valence-electron chi connectivity index (χ3n) is 4.17. The molecule has 104 valence electrons. The molecule has 1 aromatic carbocycles. The molecule has 2 aliphatic carbocycles. The number of rotatable bonds is 7. The SMILES string of the molecule is NC1CC(NCCCOCC2CC2)c2ccccc21. The number of ether oxygens (including phenoxy) is 1. The third kappa shape index (κ3) is 3.35. The van der Waals surface area contributed by atoms with Crippen LogP contribution in [-0.4, -0.2) is 19.8 Å². The zero-order chi connectivity index (χ0) is 13.1. The van der Waals surface area contributed by atoms with Crippen molar-refractivity contribution in [3.63, 3.8) is 0 Å². The highest BCUT2D eigenvalue weighted by atomic mass is 16.5. The fourth-order valence-electron chi connectivity index (χ4n) is 2.85. The first-order chi connectivity index (χ1) is 9.34. The summed E-state index contributed by atoms with van der Waals surface area (Å²) in [6, 6.07) is 9.15. The largest absolute Gasteiger partial charge is 0.381 e. The van der Waals surface area contributed by atoms with Crippen molar-refractivity contribution < 1.29 is 4.74 Å². The molecule has 0 bridgehead atoms. The lowest BCUT2D eigenvalue weighted by Crippen LogP contribution is -2.22. The van der Waals surface area contributed by atoms with Gasteiger partial charge in [-0.05, 0) is 49.3 Å². The molecular formula is C16H24N2O. The van der Waals surface area contributed by atoms with Crippen molar-refractivity contribution in [2.45, 2.75) is 37.8 Å². The predicted octanol–water partition coefficient (Wildman–Crippen LogP) is 2.54. The van der Waals surface area contributed by atoms with Gasteiger partial charge in [-0.1, -0.05) is 24.3 Å². The van der Waals surface area contributed by atoms with Gasteiger partial charge in [-0.3, -0.25) is 0 Å². The number of benzene rings is 1. The Morgan fingerprint density at radius 1 is 1.21 bits per heavy atom. The van der Waals surface area contributed by atoms with Crippen LogP contribution in [0, 0.1) is 5.92 Å². The molecule has 1 saturated carbocycles. The maximum atomic E-state index is 6.16. The maximum absolute atomic E-state index is 6.16. The van der Waals surface area contributed by atoms with Crippen LogP contribution < -0.4 is 11.1 Å². The highest BCUT2D eigenvalue weighted by molar-refractivity contribution is 5.37. The van der Waals surface area contributed by atoms with Gasteiger partial charge in [0.15, 0.2) is 0 Å². The number of hydrogen-bond acceptors (Lipinski definition) is 3. The first-order valence-electron chi connectivity index (χ1n) is 7.50. The fourth-order valence-corrected chi connectivity index (χ4v) is 2.85. The molecule has 1 fully saturated rings. The van der Waals surface area contributed by atoms with Crippen molar-refractivity contribution in [3.8, 4) is 0 Å². The Balaban J connectivity index is 1.38. The molecule has 0 amide bonds. The van der Waals surface area contributed by atoms with Crippen LogP contribution >= 0.6 is 0 Å². The molecule has 3 nitrogen and oxygen atoms in total. The summed E-state index contributed by atoms with van der Waals surface area (Å²) in [5.74, 6) is 0.868. The van der Waals surface area contributed by atoms with Gasteiger partial charge in [0.1, 0.15) is 0 Å². The lowest BCUT2D eigenvalue weighted by atomic mass is 10.1. The minimum absolute atomic E-state index is 0.194. The Morgan fingerprint density at radius 3 is 2.79 bits per heavy atom. The maximum Gasteiger partial charge on any atom is 0.0494 e. The molecule has 0 heterocycles. The number of fused-ring (bicyclic) bond motifs is 1. The van der Waals surface area contributed by atoms with Gasteiger partial charge in [-0.15, -0.1) is 0 Å². The van der Waals surface area contributed by atoms with Crippen molar-refractivity contribution in [2.24, 2.45) is 11.7 Å². The van der Waals surface area contributed by atoms with Crippen molar-refractivity contribution >= 4 is 0 Å². The lowest BCUT2D eigenvalue weighted by molar-refractivity contribution is 0.121. The second kappa shape index (κ2) is 6.04. The highest BCUT2D eigenvalue weighted by Gasteiger charge is 2.27. The van der Waals surface area contributed by atoms with Gasteiger partial charge in [0.25, 0.3) is 0 Å². The standard InChI is InChI=1S/C16H24N2O/c17-15-10-16(14-5-2-1-4-13(14)15)18-8-3-9-19-11-12-6-7-12/h1-2,4-5,12,15-16,18H,3,6-11,17H2. The van der Waals surface area contributed by atoms with Crippen molar-refractivity contribution in [2.75, 3.05) is 19.8 Å². The summed E-state index contributed by atoms with van der Waals surface area (Å²) in [5.41, 5.74) is 8.86. The quantitative estimate of drug-likeness (QED) is 0.741. The molecule has 3 rings (SSSR count). The average Bonchev–Trinajstić information content (AvgIpc) is 3.20. The van der Waals surface area contributed by atoms with Gasteiger partial charge >= 0.3 is 0 Å². The molecule has 0 saturated heterocycles. The molecule has 0 radical (unpaired) electrons. The minimum atomic E-state index is 0.194. The normalized spacial score (nSPS) is 25.5. The van der Waals surface area contributed by atoms with E-state index >= 15 is 0 Å². The van der Waals surface area contributed by atoms with Crippen LogP contribution in [0.1, 0.15) is 48.9 Å². The molecule has 3 N–H and O–H groups in total. The van der Waals surface area contributed by atoms with E-state index in [2.05, 4.69) is 29.6 Å². The number of nitrogens with two attached hydrogens (primary N) is 1. The summed E-state index contributed by atoms with van der Waals surface area (Å²) >= 11 is 0. The zero-order valence-electron chi connectivity index (χ0n) is 11.5. The molecule has 0 aromatic heterocycles. The van der Waals surface area contributed by atoms with Crippen LogP contribution in [0.5, 0.6) is 0 Å². The third-order valence-corrected chi connectivity index (χ3v) is 4.17. The Hall–Kier alpha value is -0.900. The molecule has 2 unspecified atom stereocenters. The second-order valence-corrected chi connectivity index (χ2v) is 5.85. The summed E-state index contributed by atoms with van der Waals surface area (Å²) in [7, 11) is 0. The second-order valence-electron chi connectivity index (χ2n) is 5.85. The molecule has 0 aliphatic heterocycles. The van der Waals surface area contributed by atoms with Gasteiger partial charge in [-0.25, -0.2) is 0 Å². The van der Waals surface area contributed by atoms with E-state index in [4.69, 9.17) is 10.5 Å². The molecule has 0 spiro atoms. The summed E-state index contributed by atoms with van der Waals surface area (Å²) in [4.78, 5) is 0. The van der Waals surface area contributed by atoms with Gasteiger partial charge in [-0.2, -0.15) is 0 Å². The first kappa shape index (κ1) is 13.1. The van der Waals surface area contributed by atoms with Crippen LogP contribution in [0.2, 0.25) is 0 Å². The molecule has 1 aromatic rings. The van der Waals surface area contributed by atoms with E-state index in [1.54, 1.807) is 0 Å². The van der Waals surface area contributed by atoms with Gasteiger partial charge in [0, 0.05) is 25.3 Å². The Bertz CT molecular complexity index is 417. The Labute approximate surface area is 115 Å². The van der Waals surface area contributed by atoms with E-state index in [-0.39, 0.29) is 6.04 Å². The van der Waals surface area contributed by atoms with Crippen LogP contribution in [0.3, 0.4) is 0 Å². The molecular weight excluding hydrogens is 236 g/mol. The highest BCUT2D eigenvalue weighted by Crippen LogP contribution is 2.36.